The van der Waals surface area contributed by atoms with Crippen LogP contribution in [-0.2, 0) is 25.7 Å². The molecule has 1 aromatic rings. The Labute approximate surface area is 228 Å². The van der Waals surface area contributed by atoms with Gasteiger partial charge in [-0.25, -0.2) is 4.98 Å². The molecule has 0 unspecified atom stereocenters. The number of thiazole rings is 1. The van der Waals surface area contributed by atoms with E-state index in [0.717, 1.165) is 19.3 Å². The lowest BCUT2D eigenvalue weighted by atomic mass is 9.71. The van der Waals surface area contributed by atoms with Crippen LogP contribution in [0.5, 0.6) is 0 Å². The number of aliphatic hydroxyl groups excluding tert-OH is 3. The zero-order valence-electron chi connectivity index (χ0n) is 22.3. The van der Waals surface area contributed by atoms with Crippen molar-refractivity contribution in [3.05, 3.63) is 21.1 Å². The highest BCUT2D eigenvalue weighted by atomic mass is 35.5. The lowest BCUT2D eigenvalue weighted by Crippen LogP contribution is -2.46. The third-order valence-corrected chi connectivity index (χ3v) is 9.17. The Bertz CT molecular complexity index is 995. The lowest BCUT2D eigenvalue weighted by molar-refractivity contribution is -0.154. The smallest absolute Gasteiger partial charge is 0.309 e. The SMILES string of the molecule is CC[C@H]1C(=O)C(C)(C)[C@@H](O)CC(=O)O[C@H](C(Cl)=Cc2csc(CO)n2)C[C@@H]2O[C@]2(C)CCC[C@H](C)[C@@H]1O. The van der Waals surface area contributed by atoms with E-state index in [0.29, 0.717) is 23.5 Å². The highest BCUT2D eigenvalue weighted by molar-refractivity contribution is 7.09. The quantitative estimate of drug-likeness (QED) is 0.370. The maximum absolute atomic E-state index is 13.4. The van der Waals surface area contributed by atoms with Gasteiger partial charge in [0.1, 0.15) is 16.9 Å². The van der Waals surface area contributed by atoms with E-state index < -0.39 is 47.6 Å². The van der Waals surface area contributed by atoms with E-state index in [-0.39, 0.29) is 29.4 Å². The number of carbonyl (C=O) groups excluding carboxylic acids is 2. The van der Waals surface area contributed by atoms with Gasteiger partial charge in [0.25, 0.3) is 0 Å². The predicted molar refractivity (Wildman–Crippen MR) is 142 cm³/mol. The third kappa shape index (κ3) is 7.19. The summed E-state index contributed by atoms with van der Waals surface area (Å²) < 4.78 is 11.7. The van der Waals surface area contributed by atoms with Crippen molar-refractivity contribution in [1.29, 1.82) is 0 Å². The second-order valence-electron chi connectivity index (χ2n) is 11.2. The zero-order chi connectivity index (χ0) is 27.5. The molecule has 10 heteroatoms. The summed E-state index contributed by atoms with van der Waals surface area (Å²) in [6.45, 7) is 8.83. The maximum Gasteiger partial charge on any atom is 0.309 e. The number of hydrogen-bond donors (Lipinski definition) is 3. The van der Waals surface area contributed by atoms with Crippen LogP contribution in [0.4, 0.5) is 0 Å². The number of cyclic esters (lactones) is 1. The topological polar surface area (TPSA) is 129 Å². The van der Waals surface area contributed by atoms with E-state index in [4.69, 9.17) is 21.1 Å². The van der Waals surface area contributed by atoms with Gasteiger partial charge in [-0.3, -0.25) is 9.59 Å². The van der Waals surface area contributed by atoms with Crippen LogP contribution in [-0.4, -0.2) is 62.1 Å². The molecule has 37 heavy (non-hydrogen) atoms. The number of rotatable bonds is 4. The average Bonchev–Trinajstić information content (AvgIpc) is 3.24. The average molecular weight is 558 g/mol. The summed E-state index contributed by atoms with van der Waals surface area (Å²) in [5, 5.41) is 33.8. The number of nitrogens with zero attached hydrogens (tertiary/aromatic N) is 1. The maximum atomic E-state index is 13.4. The van der Waals surface area contributed by atoms with Gasteiger partial charge >= 0.3 is 5.97 Å². The number of esters is 1. The van der Waals surface area contributed by atoms with Crippen LogP contribution < -0.4 is 0 Å². The fourth-order valence-corrected chi connectivity index (χ4v) is 5.96. The molecule has 2 aliphatic rings. The van der Waals surface area contributed by atoms with Gasteiger partial charge in [0, 0.05) is 17.7 Å². The summed E-state index contributed by atoms with van der Waals surface area (Å²) in [7, 11) is 0. The van der Waals surface area contributed by atoms with Crippen LogP contribution in [0.15, 0.2) is 10.4 Å². The second kappa shape index (κ2) is 12.2. The fourth-order valence-electron chi connectivity index (χ4n) is 5.10. The summed E-state index contributed by atoms with van der Waals surface area (Å²) in [4.78, 5) is 30.7. The third-order valence-electron chi connectivity index (χ3n) is 7.97. The molecule has 2 saturated heterocycles. The molecule has 0 saturated carbocycles. The minimum absolute atomic E-state index is 0.104. The van der Waals surface area contributed by atoms with E-state index in [2.05, 4.69) is 4.98 Å². The zero-order valence-corrected chi connectivity index (χ0v) is 23.8. The van der Waals surface area contributed by atoms with Crippen LogP contribution in [0.2, 0.25) is 0 Å². The summed E-state index contributed by atoms with van der Waals surface area (Å²) in [5.41, 5.74) is -1.10. The van der Waals surface area contributed by atoms with Gasteiger partial charge in [0.05, 0.1) is 53.1 Å². The van der Waals surface area contributed by atoms with Gasteiger partial charge in [0.2, 0.25) is 0 Å². The molecule has 1 aromatic heterocycles. The molecule has 7 atom stereocenters. The van der Waals surface area contributed by atoms with E-state index in [1.807, 2.05) is 20.8 Å². The predicted octanol–water partition coefficient (Wildman–Crippen LogP) is 4.23. The molecule has 0 aliphatic carbocycles. The van der Waals surface area contributed by atoms with Crippen LogP contribution in [0.1, 0.15) is 83.8 Å². The van der Waals surface area contributed by atoms with Crippen LogP contribution in [0.3, 0.4) is 0 Å². The number of hydrogen-bond acceptors (Lipinski definition) is 9. The summed E-state index contributed by atoms with van der Waals surface area (Å²) in [6, 6.07) is 0. The molecule has 8 nitrogen and oxygen atoms in total. The molecule has 2 fully saturated rings. The van der Waals surface area contributed by atoms with Gasteiger partial charge in [-0.2, -0.15) is 0 Å². The first-order valence-corrected chi connectivity index (χ1v) is 14.3. The van der Waals surface area contributed by atoms with Gasteiger partial charge in [-0.15, -0.1) is 11.3 Å². The molecule has 0 spiro atoms. The van der Waals surface area contributed by atoms with Crippen molar-refractivity contribution < 1.29 is 34.4 Å². The second-order valence-corrected chi connectivity index (χ2v) is 12.5. The molecular formula is C27H40ClNO7S. The normalized spacial score (nSPS) is 36.1. The van der Waals surface area contributed by atoms with E-state index in [1.54, 1.807) is 25.3 Å². The number of aromatic nitrogens is 1. The Hall–Kier alpha value is -1.36. The molecule has 3 heterocycles. The van der Waals surface area contributed by atoms with Gasteiger partial charge in [0.15, 0.2) is 0 Å². The number of fused-ring (bicyclic) bond motifs is 1. The van der Waals surface area contributed by atoms with Gasteiger partial charge in [-0.05, 0) is 38.2 Å². The standard InChI is InChI=1S/C27H40ClNO7S/c1-6-17-24(33)15(2)8-7-9-27(5)21(36-27)11-19(18(28)10-16-14-37-22(13-30)29-16)35-23(32)12-20(31)26(3,4)25(17)34/h10,14-15,17,19-21,24,30-31,33H,6-9,11-13H2,1-5H3/t15-,17+,19-,20-,21-,24-,27+/m0/s1. The number of ketones is 1. The monoisotopic (exact) mass is 557 g/mol. The first-order chi connectivity index (χ1) is 17.3. The number of aliphatic hydroxyl groups is 3. The minimum Gasteiger partial charge on any atom is -0.456 e. The largest absolute Gasteiger partial charge is 0.456 e. The Morgan fingerprint density at radius 1 is 1.30 bits per heavy atom. The van der Waals surface area contributed by atoms with Crippen molar-refractivity contribution in [2.75, 3.05) is 0 Å². The molecule has 3 N–H and O–H groups in total. The number of Topliss-reactive ketones (excluding diaryl/α,β-unsaturated/α-hetero) is 1. The fraction of sp³-hybridized carbons (Fsp3) is 0.741. The summed E-state index contributed by atoms with van der Waals surface area (Å²) in [5.74, 6) is -1.70. The van der Waals surface area contributed by atoms with Gasteiger partial charge < -0.3 is 24.8 Å². The first kappa shape index (κ1) is 30.2. The van der Waals surface area contributed by atoms with Crippen molar-refractivity contribution in [3.8, 4) is 0 Å². The molecule has 208 valence electrons. The van der Waals surface area contributed by atoms with Crippen molar-refractivity contribution in [2.24, 2.45) is 17.3 Å². The van der Waals surface area contributed by atoms with E-state index >= 15 is 0 Å². The van der Waals surface area contributed by atoms with Crippen molar-refractivity contribution >= 4 is 40.8 Å². The number of carbonyl (C=O) groups is 2. The lowest BCUT2D eigenvalue weighted by Gasteiger charge is -2.35. The molecular weight excluding hydrogens is 518 g/mol. The Kier molecular flexibility index (Phi) is 9.97. The van der Waals surface area contributed by atoms with E-state index in [1.165, 1.54) is 11.3 Å². The van der Waals surface area contributed by atoms with Crippen LogP contribution in [0, 0.1) is 17.3 Å². The molecule has 2 aliphatic heterocycles. The molecule has 3 rings (SSSR count). The molecule has 0 radical (unpaired) electrons. The summed E-state index contributed by atoms with van der Waals surface area (Å²) >= 11 is 7.91. The number of ether oxygens (including phenoxy) is 2. The Balaban J connectivity index is 1.87. The van der Waals surface area contributed by atoms with E-state index in [9.17, 15) is 24.9 Å². The molecule has 0 amide bonds. The molecule has 0 bridgehead atoms. The van der Waals surface area contributed by atoms with Crippen molar-refractivity contribution in [2.45, 2.75) is 110 Å². The van der Waals surface area contributed by atoms with Crippen LogP contribution in [0.25, 0.3) is 6.08 Å². The number of halogens is 1. The highest BCUT2D eigenvalue weighted by Crippen LogP contribution is 2.45. The highest BCUT2D eigenvalue weighted by Gasteiger charge is 2.53. The van der Waals surface area contributed by atoms with Crippen molar-refractivity contribution in [1.82, 2.24) is 4.98 Å². The Morgan fingerprint density at radius 2 is 2.00 bits per heavy atom. The summed E-state index contributed by atoms with van der Waals surface area (Å²) in [6.07, 6.45) is 1.16. The minimum atomic E-state index is -1.30. The van der Waals surface area contributed by atoms with Crippen molar-refractivity contribution in [3.63, 3.8) is 0 Å². The van der Waals surface area contributed by atoms with Gasteiger partial charge in [-0.1, -0.05) is 45.7 Å². The van der Waals surface area contributed by atoms with Crippen LogP contribution >= 0.6 is 22.9 Å². The number of epoxide rings is 1. The first-order valence-electron chi connectivity index (χ1n) is 13.0. The Morgan fingerprint density at radius 3 is 2.62 bits per heavy atom. The molecule has 0 aromatic carbocycles.